The van der Waals surface area contributed by atoms with Crippen LogP contribution in [0.1, 0.15) is 6.92 Å². The molecule has 2 aromatic heterocycles. The fraction of sp³-hybridized carbons (Fsp3) is 0.182. The lowest BCUT2D eigenvalue weighted by atomic mass is 10.2. The smallest absolute Gasteiger partial charge is 0.329 e. The van der Waals surface area contributed by atoms with E-state index >= 15 is 0 Å². The number of amides is 1. The summed E-state index contributed by atoms with van der Waals surface area (Å²) in [6, 6.07) is 10.7. The molecule has 1 amide bonds. The lowest BCUT2D eigenvalue weighted by molar-refractivity contribution is -0.116. The predicted octanol–water partition coefficient (Wildman–Crippen LogP) is 2.85. The second-order valence-corrected chi connectivity index (χ2v) is 8.06. The Morgan fingerprint density at radius 2 is 1.94 bits per heavy atom. The van der Waals surface area contributed by atoms with Crippen molar-refractivity contribution < 1.29 is 9.18 Å². The Balaban J connectivity index is 1.68. The first-order chi connectivity index (χ1) is 15.4. The van der Waals surface area contributed by atoms with E-state index in [0.717, 1.165) is 4.57 Å². The summed E-state index contributed by atoms with van der Waals surface area (Å²) in [5.74, 6) is -1.03. The number of nitrogens with one attached hydrogen (secondary N) is 1. The van der Waals surface area contributed by atoms with Crippen molar-refractivity contribution in [1.82, 2.24) is 18.7 Å². The maximum Gasteiger partial charge on any atom is 0.331 e. The Bertz CT molecular complexity index is 1440. The van der Waals surface area contributed by atoms with Crippen molar-refractivity contribution in [3.63, 3.8) is 0 Å². The highest BCUT2D eigenvalue weighted by Gasteiger charge is 2.16. The normalized spacial score (nSPS) is 11.1. The number of para-hydroxylation sites is 1. The SMILES string of the molecule is CCn1c(=O)c2ccccc2n(CC(=O)Nc2cc(F)ccc2Sc2nccn2C)c1=O. The molecule has 2 heterocycles. The van der Waals surface area contributed by atoms with Gasteiger partial charge in [0.2, 0.25) is 5.91 Å². The molecule has 4 rings (SSSR count). The van der Waals surface area contributed by atoms with E-state index < -0.39 is 23.0 Å². The van der Waals surface area contributed by atoms with Gasteiger partial charge in [-0.1, -0.05) is 12.1 Å². The van der Waals surface area contributed by atoms with Gasteiger partial charge in [-0.25, -0.2) is 14.2 Å². The predicted molar refractivity (Wildman–Crippen MR) is 121 cm³/mol. The molecule has 8 nitrogen and oxygen atoms in total. The molecule has 10 heteroatoms. The molecule has 0 saturated carbocycles. The van der Waals surface area contributed by atoms with Crippen molar-refractivity contribution in [2.24, 2.45) is 7.05 Å². The minimum Gasteiger partial charge on any atom is -0.329 e. The van der Waals surface area contributed by atoms with Gasteiger partial charge < -0.3 is 9.88 Å². The van der Waals surface area contributed by atoms with E-state index in [1.807, 2.05) is 7.05 Å². The van der Waals surface area contributed by atoms with Crippen LogP contribution in [0.2, 0.25) is 0 Å². The van der Waals surface area contributed by atoms with E-state index in [9.17, 15) is 18.8 Å². The van der Waals surface area contributed by atoms with Crippen LogP contribution in [0, 0.1) is 5.82 Å². The molecule has 1 N–H and O–H groups in total. The third-order valence-corrected chi connectivity index (χ3v) is 6.10. The minimum atomic E-state index is -0.576. The molecular formula is C22H20FN5O3S. The van der Waals surface area contributed by atoms with E-state index in [2.05, 4.69) is 10.3 Å². The zero-order chi connectivity index (χ0) is 22.8. The van der Waals surface area contributed by atoms with E-state index in [1.165, 1.54) is 28.5 Å². The second kappa shape index (κ2) is 8.83. The number of carbonyl (C=O) groups excluding carboxylic acids is 1. The van der Waals surface area contributed by atoms with Gasteiger partial charge in [0, 0.05) is 30.9 Å². The maximum atomic E-state index is 13.9. The lowest BCUT2D eigenvalue weighted by Gasteiger charge is -2.14. The summed E-state index contributed by atoms with van der Waals surface area (Å²) in [7, 11) is 1.83. The first kappa shape index (κ1) is 21.6. The van der Waals surface area contributed by atoms with Crippen molar-refractivity contribution in [1.29, 1.82) is 0 Å². The number of carbonyl (C=O) groups is 1. The van der Waals surface area contributed by atoms with Gasteiger partial charge in [0.05, 0.1) is 16.6 Å². The molecule has 0 spiro atoms. The summed E-state index contributed by atoms with van der Waals surface area (Å²) in [4.78, 5) is 43.2. The van der Waals surface area contributed by atoms with E-state index in [0.29, 0.717) is 21.0 Å². The van der Waals surface area contributed by atoms with Gasteiger partial charge in [0.1, 0.15) is 12.4 Å². The van der Waals surface area contributed by atoms with Gasteiger partial charge in [0.15, 0.2) is 5.16 Å². The lowest BCUT2D eigenvalue weighted by Crippen LogP contribution is -2.41. The number of halogens is 1. The summed E-state index contributed by atoms with van der Waals surface area (Å²) in [6.07, 6.45) is 3.43. The summed E-state index contributed by atoms with van der Waals surface area (Å²) < 4.78 is 18.1. The Morgan fingerprint density at radius 3 is 2.66 bits per heavy atom. The second-order valence-electron chi connectivity index (χ2n) is 7.05. The molecule has 0 aliphatic heterocycles. The van der Waals surface area contributed by atoms with Crippen LogP contribution < -0.4 is 16.6 Å². The molecule has 4 aromatic rings. The molecule has 2 aromatic carbocycles. The molecule has 0 aliphatic rings. The quantitative estimate of drug-likeness (QED) is 0.485. The zero-order valence-electron chi connectivity index (χ0n) is 17.4. The number of benzene rings is 2. The number of fused-ring (bicyclic) bond motifs is 1. The van der Waals surface area contributed by atoms with E-state index in [-0.39, 0.29) is 18.8 Å². The van der Waals surface area contributed by atoms with Crippen LogP contribution in [-0.2, 0) is 24.9 Å². The molecule has 0 radical (unpaired) electrons. The third-order valence-electron chi connectivity index (χ3n) is 4.94. The average Bonchev–Trinajstić information content (AvgIpc) is 3.18. The Morgan fingerprint density at radius 1 is 1.16 bits per heavy atom. The van der Waals surface area contributed by atoms with Crippen molar-refractivity contribution in [2.75, 3.05) is 5.32 Å². The first-order valence-electron chi connectivity index (χ1n) is 9.86. The number of rotatable bonds is 6. The summed E-state index contributed by atoms with van der Waals surface area (Å²) in [5.41, 5.74) is -0.342. The molecule has 0 aliphatic carbocycles. The van der Waals surface area contributed by atoms with Gasteiger partial charge >= 0.3 is 5.69 Å². The maximum absolute atomic E-state index is 13.9. The van der Waals surface area contributed by atoms with Crippen LogP contribution in [0.4, 0.5) is 10.1 Å². The van der Waals surface area contributed by atoms with Crippen LogP contribution in [0.25, 0.3) is 10.9 Å². The number of anilines is 1. The Kier molecular flexibility index (Phi) is 5.95. The summed E-state index contributed by atoms with van der Waals surface area (Å²) in [6.45, 7) is 1.54. The molecule has 0 unspecified atom stereocenters. The van der Waals surface area contributed by atoms with Gasteiger partial charge in [-0.05, 0) is 49.0 Å². The summed E-state index contributed by atoms with van der Waals surface area (Å²) >= 11 is 1.27. The van der Waals surface area contributed by atoms with Crippen molar-refractivity contribution in [3.8, 4) is 0 Å². The zero-order valence-corrected chi connectivity index (χ0v) is 18.2. The number of hydrogen-bond acceptors (Lipinski definition) is 5. The number of aromatic nitrogens is 4. The standard InChI is InChI=1S/C22H20FN5O3S/c1-3-27-20(30)15-6-4-5-7-17(15)28(22(27)31)13-19(29)25-16-12-14(23)8-9-18(16)32-21-24-10-11-26(21)2/h4-12H,3,13H2,1-2H3,(H,25,29). The van der Waals surface area contributed by atoms with Crippen LogP contribution in [0.5, 0.6) is 0 Å². The summed E-state index contributed by atoms with van der Waals surface area (Å²) in [5, 5.41) is 3.71. The van der Waals surface area contributed by atoms with Gasteiger partial charge in [-0.15, -0.1) is 0 Å². The largest absolute Gasteiger partial charge is 0.331 e. The van der Waals surface area contributed by atoms with Crippen LogP contribution >= 0.6 is 11.8 Å². The fourth-order valence-corrected chi connectivity index (χ4v) is 4.24. The molecular weight excluding hydrogens is 433 g/mol. The first-order valence-corrected chi connectivity index (χ1v) is 10.7. The molecule has 0 atom stereocenters. The van der Waals surface area contributed by atoms with Crippen molar-refractivity contribution in [3.05, 3.63) is 81.5 Å². The molecule has 0 fully saturated rings. The monoisotopic (exact) mass is 453 g/mol. The highest BCUT2D eigenvalue weighted by Crippen LogP contribution is 2.32. The van der Waals surface area contributed by atoms with E-state index in [4.69, 9.17) is 0 Å². The van der Waals surface area contributed by atoms with Gasteiger partial charge in [-0.3, -0.25) is 18.7 Å². The highest BCUT2D eigenvalue weighted by atomic mass is 32.2. The van der Waals surface area contributed by atoms with Crippen molar-refractivity contribution in [2.45, 2.75) is 30.1 Å². The van der Waals surface area contributed by atoms with Crippen LogP contribution in [0.15, 0.2) is 74.5 Å². The molecule has 32 heavy (non-hydrogen) atoms. The number of aryl methyl sites for hydroxylation is 1. The number of hydrogen-bond donors (Lipinski definition) is 1. The highest BCUT2D eigenvalue weighted by molar-refractivity contribution is 7.99. The van der Waals surface area contributed by atoms with Crippen LogP contribution in [-0.4, -0.2) is 24.6 Å². The molecule has 164 valence electrons. The third kappa shape index (κ3) is 4.09. The van der Waals surface area contributed by atoms with E-state index in [1.54, 1.807) is 54.2 Å². The number of imidazole rings is 1. The topological polar surface area (TPSA) is 90.9 Å². The Hall–Kier alpha value is -3.66. The number of nitrogens with zero attached hydrogens (tertiary/aromatic N) is 4. The molecule has 0 bridgehead atoms. The molecule has 0 saturated heterocycles. The van der Waals surface area contributed by atoms with Crippen LogP contribution in [0.3, 0.4) is 0 Å². The van der Waals surface area contributed by atoms with Crippen molar-refractivity contribution >= 4 is 34.3 Å². The minimum absolute atomic E-state index is 0.179. The van der Waals surface area contributed by atoms with Gasteiger partial charge in [0.25, 0.3) is 5.56 Å². The fourth-order valence-electron chi connectivity index (χ4n) is 3.37. The Labute approximate surface area is 186 Å². The average molecular weight is 453 g/mol. The van der Waals surface area contributed by atoms with Gasteiger partial charge in [-0.2, -0.15) is 0 Å².